The maximum absolute atomic E-state index is 12.3. The lowest BCUT2D eigenvalue weighted by Gasteiger charge is -2.26. The van der Waals surface area contributed by atoms with Gasteiger partial charge in [-0.2, -0.15) is 13.2 Å². The van der Waals surface area contributed by atoms with Gasteiger partial charge in [-0.15, -0.1) is 0 Å². The first kappa shape index (κ1) is 12.7. The SMILES string of the molecule is O=C(C1CC2CC2C1)N(CCO)CC(F)(F)F. The molecule has 2 aliphatic carbocycles. The molecular weight excluding hydrogens is 235 g/mol. The van der Waals surface area contributed by atoms with Gasteiger partial charge >= 0.3 is 6.18 Å². The molecule has 0 heterocycles. The number of fused-ring (bicyclic) bond motifs is 1. The van der Waals surface area contributed by atoms with Crippen molar-refractivity contribution in [2.75, 3.05) is 19.7 Å². The minimum atomic E-state index is -4.40. The Morgan fingerprint density at radius 3 is 2.29 bits per heavy atom. The Bertz CT molecular complexity index is 296. The number of halogens is 3. The number of aliphatic hydroxyl groups is 1. The fraction of sp³-hybridized carbons (Fsp3) is 0.909. The fourth-order valence-corrected chi connectivity index (χ4v) is 2.78. The van der Waals surface area contributed by atoms with E-state index in [0.717, 1.165) is 24.2 Å². The van der Waals surface area contributed by atoms with Crippen LogP contribution in [0.5, 0.6) is 0 Å². The fourth-order valence-electron chi connectivity index (χ4n) is 2.78. The van der Waals surface area contributed by atoms with E-state index in [-0.39, 0.29) is 12.5 Å². The van der Waals surface area contributed by atoms with Crippen molar-refractivity contribution in [1.29, 1.82) is 0 Å². The van der Waals surface area contributed by atoms with Crippen LogP contribution < -0.4 is 0 Å². The largest absolute Gasteiger partial charge is 0.406 e. The number of carbonyl (C=O) groups is 1. The predicted octanol–water partition coefficient (Wildman–Crippen LogP) is 1.42. The van der Waals surface area contributed by atoms with Gasteiger partial charge in [-0.3, -0.25) is 4.79 Å². The maximum Gasteiger partial charge on any atom is 0.406 e. The number of rotatable bonds is 4. The van der Waals surface area contributed by atoms with E-state index in [1.165, 1.54) is 0 Å². The molecule has 6 heteroatoms. The van der Waals surface area contributed by atoms with Gasteiger partial charge in [0.1, 0.15) is 6.54 Å². The van der Waals surface area contributed by atoms with Crippen molar-refractivity contribution in [3.8, 4) is 0 Å². The summed E-state index contributed by atoms with van der Waals surface area (Å²) in [5, 5.41) is 8.72. The molecule has 0 spiro atoms. The van der Waals surface area contributed by atoms with Gasteiger partial charge in [0, 0.05) is 12.5 Å². The van der Waals surface area contributed by atoms with Gasteiger partial charge in [-0.05, 0) is 31.1 Å². The first-order chi connectivity index (χ1) is 7.90. The van der Waals surface area contributed by atoms with Crippen LogP contribution in [-0.4, -0.2) is 41.8 Å². The summed E-state index contributed by atoms with van der Waals surface area (Å²) in [5.74, 6) is 0.424. The summed E-state index contributed by atoms with van der Waals surface area (Å²) in [7, 11) is 0. The van der Waals surface area contributed by atoms with Crippen molar-refractivity contribution in [1.82, 2.24) is 4.90 Å². The van der Waals surface area contributed by atoms with Crippen molar-refractivity contribution >= 4 is 5.91 Å². The standard InChI is InChI=1S/C11H16F3NO2/c12-11(13,14)6-15(1-2-16)10(17)9-4-7-3-8(7)5-9/h7-9,16H,1-6H2. The van der Waals surface area contributed by atoms with Crippen LogP contribution in [0.15, 0.2) is 0 Å². The van der Waals surface area contributed by atoms with E-state index in [4.69, 9.17) is 5.11 Å². The van der Waals surface area contributed by atoms with E-state index < -0.39 is 25.2 Å². The normalized spacial score (nSPS) is 31.2. The third-order valence-electron chi connectivity index (χ3n) is 3.64. The molecule has 2 fully saturated rings. The number of aliphatic hydroxyl groups excluding tert-OH is 1. The van der Waals surface area contributed by atoms with Crippen LogP contribution in [-0.2, 0) is 4.79 Å². The molecule has 0 bridgehead atoms. The summed E-state index contributed by atoms with van der Waals surface area (Å²) in [5.41, 5.74) is 0. The third kappa shape index (κ3) is 3.12. The monoisotopic (exact) mass is 251 g/mol. The highest BCUT2D eigenvalue weighted by Crippen LogP contribution is 2.54. The molecule has 1 amide bonds. The Balaban J connectivity index is 1.92. The molecule has 2 aliphatic rings. The van der Waals surface area contributed by atoms with Crippen LogP contribution in [0.25, 0.3) is 0 Å². The molecule has 0 saturated heterocycles. The number of carbonyl (C=O) groups excluding carboxylic acids is 1. The molecule has 0 aliphatic heterocycles. The van der Waals surface area contributed by atoms with Crippen LogP contribution >= 0.6 is 0 Å². The topological polar surface area (TPSA) is 40.5 Å². The number of hydrogen-bond acceptors (Lipinski definition) is 2. The second-order valence-corrected chi connectivity index (χ2v) is 5.02. The molecule has 0 radical (unpaired) electrons. The average molecular weight is 251 g/mol. The van der Waals surface area contributed by atoms with Crippen molar-refractivity contribution in [2.45, 2.75) is 25.4 Å². The highest BCUT2D eigenvalue weighted by Gasteiger charge is 2.49. The molecule has 98 valence electrons. The molecular formula is C11H16F3NO2. The van der Waals surface area contributed by atoms with E-state index in [2.05, 4.69) is 0 Å². The smallest absolute Gasteiger partial charge is 0.395 e. The van der Waals surface area contributed by atoms with Crippen LogP contribution in [0.4, 0.5) is 13.2 Å². The zero-order chi connectivity index (χ0) is 12.6. The first-order valence-electron chi connectivity index (χ1n) is 5.87. The summed E-state index contributed by atoms with van der Waals surface area (Å²) in [6, 6.07) is 0. The average Bonchev–Trinajstić information content (AvgIpc) is 2.82. The number of alkyl halides is 3. The first-order valence-corrected chi connectivity index (χ1v) is 5.87. The molecule has 1 N–H and O–H groups in total. The van der Waals surface area contributed by atoms with Crippen molar-refractivity contribution in [3.63, 3.8) is 0 Å². The van der Waals surface area contributed by atoms with Crippen LogP contribution in [0.2, 0.25) is 0 Å². The molecule has 2 unspecified atom stereocenters. The van der Waals surface area contributed by atoms with Gasteiger partial charge in [0.15, 0.2) is 0 Å². The molecule has 17 heavy (non-hydrogen) atoms. The lowest BCUT2D eigenvalue weighted by molar-refractivity contribution is -0.164. The number of hydrogen-bond donors (Lipinski definition) is 1. The van der Waals surface area contributed by atoms with Crippen molar-refractivity contribution in [3.05, 3.63) is 0 Å². The maximum atomic E-state index is 12.3. The number of amides is 1. The summed E-state index contributed by atoms with van der Waals surface area (Å²) >= 11 is 0. The van der Waals surface area contributed by atoms with E-state index >= 15 is 0 Å². The minimum Gasteiger partial charge on any atom is -0.395 e. The second kappa shape index (κ2) is 4.48. The summed E-state index contributed by atoms with van der Waals surface area (Å²) < 4.78 is 36.9. The van der Waals surface area contributed by atoms with E-state index in [0.29, 0.717) is 11.8 Å². The predicted molar refractivity (Wildman–Crippen MR) is 54.0 cm³/mol. The summed E-state index contributed by atoms with van der Waals surface area (Å²) in [4.78, 5) is 12.6. The zero-order valence-electron chi connectivity index (χ0n) is 9.41. The third-order valence-corrected chi connectivity index (χ3v) is 3.64. The van der Waals surface area contributed by atoms with Gasteiger partial charge in [0.05, 0.1) is 6.61 Å². The zero-order valence-corrected chi connectivity index (χ0v) is 9.41. The van der Waals surface area contributed by atoms with Crippen LogP contribution in [0.3, 0.4) is 0 Å². The summed E-state index contributed by atoms with van der Waals surface area (Å²) in [6.07, 6.45) is -1.82. The quantitative estimate of drug-likeness (QED) is 0.820. The highest BCUT2D eigenvalue weighted by atomic mass is 19.4. The molecule has 0 aromatic rings. The van der Waals surface area contributed by atoms with Gasteiger partial charge in [-0.1, -0.05) is 0 Å². The lowest BCUT2D eigenvalue weighted by atomic mass is 10.0. The van der Waals surface area contributed by atoms with Gasteiger partial charge in [0.25, 0.3) is 0 Å². The highest BCUT2D eigenvalue weighted by molar-refractivity contribution is 5.79. The minimum absolute atomic E-state index is 0.232. The van der Waals surface area contributed by atoms with E-state index in [1.54, 1.807) is 0 Å². The summed E-state index contributed by atoms with van der Waals surface area (Å²) in [6.45, 7) is -1.91. The van der Waals surface area contributed by atoms with E-state index in [1.807, 2.05) is 0 Å². The molecule has 0 aromatic heterocycles. The molecule has 2 saturated carbocycles. The second-order valence-electron chi connectivity index (χ2n) is 5.02. The molecule has 3 nitrogen and oxygen atoms in total. The van der Waals surface area contributed by atoms with Crippen molar-refractivity contribution < 1.29 is 23.1 Å². The number of nitrogens with zero attached hydrogens (tertiary/aromatic N) is 1. The Hall–Kier alpha value is -0.780. The lowest BCUT2D eigenvalue weighted by Crippen LogP contribution is -2.43. The van der Waals surface area contributed by atoms with Gasteiger partial charge in [0.2, 0.25) is 5.91 Å². The van der Waals surface area contributed by atoms with Crippen LogP contribution in [0, 0.1) is 17.8 Å². The van der Waals surface area contributed by atoms with Gasteiger partial charge in [-0.25, -0.2) is 0 Å². The Kier molecular flexibility index (Phi) is 3.34. The van der Waals surface area contributed by atoms with Crippen molar-refractivity contribution in [2.24, 2.45) is 17.8 Å². The Labute approximate surface area is 97.6 Å². The van der Waals surface area contributed by atoms with E-state index in [9.17, 15) is 18.0 Å². The Morgan fingerprint density at radius 1 is 1.24 bits per heavy atom. The van der Waals surface area contributed by atoms with Gasteiger partial charge < -0.3 is 10.0 Å². The van der Waals surface area contributed by atoms with Crippen LogP contribution in [0.1, 0.15) is 19.3 Å². The Morgan fingerprint density at radius 2 is 1.82 bits per heavy atom. The molecule has 2 atom stereocenters. The molecule has 2 rings (SSSR count). The molecule has 0 aromatic carbocycles.